The maximum Gasteiger partial charge on any atom is 0.446 e. The summed E-state index contributed by atoms with van der Waals surface area (Å²) in [6.45, 7) is 0. The number of ketones is 1. The second kappa shape index (κ2) is 5.07. The van der Waals surface area contributed by atoms with Gasteiger partial charge in [0.15, 0.2) is 0 Å². The van der Waals surface area contributed by atoms with E-state index in [0.717, 1.165) is 0 Å². The fourth-order valence-corrected chi connectivity index (χ4v) is 3.13. The summed E-state index contributed by atoms with van der Waals surface area (Å²) in [6.07, 6.45) is 0. The van der Waals surface area contributed by atoms with E-state index in [1.54, 1.807) is 54.6 Å². The van der Waals surface area contributed by atoms with Crippen LogP contribution in [-0.2, 0) is 0 Å². The van der Waals surface area contributed by atoms with Gasteiger partial charge in [-0.2, -0.15) is 13.2 Å². The van der Waals surface area contributed by atoms with Crippen LogP contribution in [0.5, 0.6) is 0 Å². The molecule has 0 atom stereocenters. The van der Waals surface area contributed by atoms with E-state index in [9.17, 15) is 18.0 Å². The third-order valence-electron chi connectivity index (χ3n) is 3.15. The molecular weight excluding hydrogens is 297 g/mol. The average molecular weight is 306 g/mol. The summed E-state index contributed by atoms with van der Waals surface area (Å²) in [5, 5.41) is 0. The molecule has 0 radical (unpaired) electrons. The molecule has 0 saturated carbocycles. The number of thioether (sulfide) groups is 1. The highest BCUT2D eigenvalue weighted by Crippen LogP contribution is 2.47. The van der Waals surface area contributed by atoms with Crippen LogP contribution in [0, 0.1) is 0 Å². The van der Waals surface area contributed by atoms with Gasteiger partial charge in [0.2, 0.25) is 5.78 Å². The molecule has 0 saturated heterocycles. The minimum Gasteiger partial charge on any atom is -0.288 e. The van der Waals surface area contributed by atoms with Crippen molar-refractivity contribution in [2.75, 3.05) is 0 Å². The summed E-state index contributed by atoms with van der Waals surface area (Å²) in [6, 6.07) is 15.3. The highest BCUT2D eigenvalue weighted by molar-refractivity contribution is 8.05. The second-order valence-corrected chi connectivity index (χ2v) is 5.57. The first-order valence-electron chi connectivity index (χ1n) is 6.17. The number of benzene rings is 2. The summed E-state index contributed by atoms with van der Waals surface area (Å²) < 4.78 is 38.3. The van der Waals surface area contributed by atoms with Crippen LogP contribution in [0.2, 0.25) is 0 Å². The Morgan fingerprint density at radius 1 is 0.810 bits per heavy atom. The molecule has 0 spiro atoms. The molecule has 0 heterocycles. The van der Waals surface area contributed by atoms with Crippen molar-refractivity contribution in [1.29, 1.82) is 0 Å². The Morgan fingerprint density at radius 3 is 2.00 bits per heavy atom. The minimum absolute atomic E-state index is 0.255. The number of alkyl halides is 3. The highest BCUT2D eigenvalue weighted by Gasteiger charge is 2.39. The zero-order valence-corrected chi connectivity index (χ0v) is 11.5. The fraction of sp³-hybridized carbons (Fsp3) is 0.0625. The van der Waals surface area contributed by atoms with Crippen LogP contribution in [-0.4, -0.2) is 11.3 Å². The third-order valence-corrected chi connectivity index (χ3v) is 3.98. The predicted molar refractivity (Wildman–Crippen MR) is 76.9 cm³/mol. The van der Waals surface area contributed by atoms with Crippen molar-refractivity contribution in [3.05, 3.63) is 76.2 Å². The Kier molecular flexibility index (Phi) is 3.37. The van der Waals surface area contributed by atoms with E-state index in [0.29, 0.717) is 22.3 Å². The number of halogens is 3. The molecule has 0 amide bonds. The molecule has 1 nitrogen and oxygen atoms in total. The van der Waals surface area contributed by atoms with Gasteiger partial charge in [-0.1, -0.05) is 54.6 Å². The molecule has 2 aromatic carbocycles. The van der Waals surface area contributed by atoms with E-state index in [1.165, 1.54) is 0 Å². The summed E-state index contributed by atoms with van der Waals surface area (Å²) >= 11 is -0.338. The standard InChI is InChI=1S/C16H9F3OS/c17-16(18,19)21-15-13(10-6-2-1-3-7-10)11-8-4-5-9-12(11)14(15)20/h1-9H. The fourth-order valence-electron chi connectivity index (χ4n) is 2.36. The molecule has 1 aliphatic carbocycles. The van der Waals surface area contributed by atoms with Gasteiger partial charge >= 0.3 is 5.51 Å². The SMILES string of the molecule is O=C1C(SC(F)(F)F)=C(c2ccccc2)c2ccccc21. The molecule has 106 valence electrons. The first kappa shape index (κ1) is 13.9. The Bertz CT molecular complexity index is 733. The number of hydrogen-bond donors (Lipinski definition) is 0. The van der Waals surface area contributed by atoms with Gasteiger partial charge in [0.1, 0.15) is 0 Å². The van der Waals surface area contributed by atoms with Crippen molar-refractivity contribution in [1.82, 2.24) is 0 Å². The van der Waals surface area contributed by atoms with Gasteiger partial charge < -0.3 is 0 Å². The van der Waals surface area contributed by atoms with Gasteiger partial charge in [-0.25, -0.2) is 0 Å². The van der Waals surface area contributed by atoms with Crippen molar-refractivity contribution in [3.8, 4) is 0 Å². The maximum atomic E-state index is 12.8. The number of hydrogen-bond acceptors (Lipinski definition) is 2. The van der Waals surface area contributed by atoms with Crippen LogP contribution in [0.4, 0.5) is 13.2 Å². The number of rotatable bonds is 2. The van der Waals surface area contributed by atoms with Crippen molar-refractivity contribution in [2.24, 2.45) is 0 Å². The molecular formula is C16H9F3OS. The smallest absolute Gasteiger partial charge is 0.288 e. The van der Waals surface area contributed by atoms with Crippen LogP contribution in [0.25, 0.3) is 5.57 Å². The summed E-state index contributed by atoms with van der Waals surface area (Å²) in [4.78, 5) is 12.0. The van der Waals surface area contributed by atoms with Crippen molar-refractivity contribution in [2.45, 2.75) is 5.51 Å². The van der Waals surface area contributed by atoms with E-state index < -0.39 is 11.3 Å². The van der Waals surface area contributed by atoms with E-state index in [2.05, 4.69) is 0 Å². The summed E-state index contributed by atoms with van der Waals surface area (Å²) in [5.74, 6) is -0.563. The number of fused-ring (bicyclic) bond motifs is 1. The zero-order valence-electron chi connectivity index (χ0n) is 10.6. The van der Waals surface area contributed by atoms with Gasteiger partial charge in [-0.3, -0.25) is 4.79 Å². The Balaban J connectivity index is 2.22. The van der Waals surface area contributed by atoms with Crippen LogP contribution in [0.1, 0.15) is 21.5 Å². The Hall–Kier alpha value is -2.01. The van der Waals surface area contributed by atoms with Crippen molar-refractivity contribution >= 4 is 23.1 Å². The zero-order chi connectivity index (χ0) is 15.0. The quantitative estimate of drug-likeness (QED) is 0.785. The molecule has 1 aliphatic rings. The van der Waals surface area contributed by atoms with Crippen molar-refractivity contribution in [3.63, 3.8) is 0 Å². The first-order chi connectivity index (χ1) is 9.97. The molecule has 2 aromatic rings. The monoisotopic (exact) mass is 306 g/mol. The van der Waals surface area contributed by atoms with Crippen LogP contribution in [0.3, 0.4) is 0 Å². The van der Waals surface area contributed by atoms with Gasteiger partial charge in [-0.15, -0.1) is 0 Å². The minimum atomic E-state index is -4.49. The normalized spacial score (nSPS) is 14.5. The van der Waals surface area contributed by atoms with E-state index >= 15 is 0 Å². The number of carbonyl (C=O) groups excluding carboxylic acids is 1. The van der Waals surface area contributed by atoms with Crippen molar-refractivity contribution < 1.29 is 18.0 Å². The van der Waals surface area contributed by atoms with E-state index in [-0.39, 0.29) is 16.7 Å². The Labute approximate surface area is 123 Å². The maximum absolute atomic E-state index is 12.8. The van der Waals surface area contributed by atoms with Crippen LogP contribution in [0.15, 0.2) is 59.5 Å². The molecule has 0 fully saturated rings. The second-order valence-electron chi connectivity index (χ2n) is 4.49. The molecule has 0 unspecified atom stereocenters. The number of Topliss-reactive ketones (excluding diaryl/α,β-unsaturated/α-hetero) is 1. The molecule has 0 bridgehead atoms. The van der Waals surface area contributed by atoms with Gasteiger partial charge in [0.25, 0.3) is 0 Å². The lowest BCUT2D eigenvalue weighted by molar-refractivity contribution is -0.0322. The summed E-state index contributed by atoms with van der Waals surface area (Å²) in [5.41, 5.74) is -2.64. The van der Waals surface area contributed by atoms with E-state index in [4.69, 9.17) is 0 Å². The molecule has 21 heavy (non-hydrogen) atoms. The number of carbonyl (C=O) groups is 1. The first-order valence-corrected chi connectivity index (χ1v) is 6.98. The Morgan fingerprint density at radius 2 is 1.38 bits per heavy atom. The van der Waals surface area contributed by atoms with E-state index in [1.807, 2.05) is 0 Å². The lowest BCUT2D eigenvalue weighted by Gasteiger charge is -2.09. The highest BCUT2D eigenvalue weighted by atomic mass is 32.2. The van der Waals surface area contributed by atoms with Gasteiger partial charge in [0, 0.05) is 11.1 Å². The van der Waals surface area contributed by atoms with Gasteiger partial charge in [-0.05, 0) is 22.9 Å². The van der Waals surface area contributed by atoms with Crippen LogP contribution < -0.4 is 0 Å². The predicted octanol–water partition coefficient (Wildman–Crippen LogP) is 4.90. The molecule has 5 heteroatoms. The number of allylic oxidation sites excluding steroid dienone is 1. The lowest BCUT2D eigenvalue weighted by Crippen LogP contribution is -2.05. The largest absolute Gasteiger partial charge is 0.446 e. The lowest BCUT2D eigenvalue weighted by atomic mass is 9.99. The summed E-state index contributed by atoms with van der Waals surface area (Å²) in [7, 11) is 0. The average Bonchev–Trinajstić information content (AvgIpc) is 2.72. The third kappa shape index (κ3) is 2.61. The topological polar surface area (TPSA) is 17.1 Å². The van der Waals surface area contributed by atoms with Gasteiger partial charge in [0.05, 0.1) is 4.91 Å². The molecule has 0 N–H and O–H groups in total. The van der Waals surface area contributed by atoms with Crippen LogP contribution >= 0.6 is 11.8 Å². The molecule has 0 aromatic heterocycles. The molecule has 3 rings (SSSR count). The molecule has 0 aliphatic heterocycles.